The molecule has 0 saturated heterocycles. The van der Waals surface area contributed by atoms with Crippen molar-refractivity contribution in [1.82, 2.24) is 10.3 Å². The molecule has 1 aliphatic rings. The first-order valence-electron chi connectivity index (χ1n) is 6.70. The molecule has 0 spiro atoms. The third-order valence-electron chi connectivity index (χ3n) is 4.02. The Morgan fingerprint density at radius 1 is 1.30 bits per heavy atom. The fourth-order valence-electron chi connectivity index (χ4n) is 2.83. The highest BCUT2D eigenvalue weighted by Crippen LogP contribution is 2.35. The summed E-state index contributed by atoms with van der Waals surface area (Å²) >= 11 is 0. The fourth-order valence-corrected chi connectivity index (χ4v) is 2.83. The molecule has 1 aromatic carbocycles. The van der Waals surface area contributed by atoms with Gasteiger partial charge in [0, 0.05) is 22.7 Å². The number of fused-ring (bicyclic) bond motifs is 1. The number of hydrogen-bond acceptors (Lipinski definition) is 2. The minimum Gasteiger partial charge on any atom is -0.481 e. The van der Waals surface area contributed by atoms with Crippen LogP contribution in [0.2, 0.25) is 0 Å². The number of hydrogen-bond donors (Lipinski definition) is 3. The lowest BCUT2D eigenvalue weighted by Gasteiger charge is -2.41. The van der Waals surface area contributed by atoms with Crippen LogP contribution in [0.3, 0.4) is 0 Å². The molecule has 3 N–H and O–H groups in total. The summed E-state index contributed by atoms with van der Waals surface area (Å²) in [4.78, 5) is 26.4. The number of rotatable bonds is 4. The van der Waals surface area contributed by atoms with Crippen molar-refractivity contribution in [1.29, 1.82) is 0 Å². The molecule has 5 heteroatoms. The zero-order valence-corrected chi connectivity index (χ0v) is 11.0. The molecule has 1 saturated carbocycles. The van der Waals surface area contributed by atoms with E-state index in [0.29, 0.717) is 5.56 Å². The molecular weight excluding hydrogens is 256 g/mol. The average Bonchev–Trinajstić information content (AvgIpc) is 2.83. The van der Waals surface area contributed by atoms with Gasteiger partial charge in [0.15, 0.2) is 0 Å². The van der Waals surface area contributed by atoms with E-state index in [0.717, 1.165) is 30.2 Å². The largest absolute Gasteiger partial charge is 0.481 e. The number of carboxylic acids is 1. The average molecular weight is 272 g/mol. The molecule has 1 fully saturated rings. The summed E-state index contributed by atoms with van der Waals surface area (Å²) in [5.74, 6) is -1.07. The summed E-state index contributed by atoms with van der Waals surface area (Å²) in [7, 11) is 0. The van der Waals surface area contributed by atoms with E-state index in [1.807, 2.05) is 18.2 Å². The Balaban J connectivity index is 1.86. The second-order valence-corrected chi connectivity index (χ2v) is 5.40. The van der Waals surface area contributed by atoms with Crippen molar-refractivity contribution >= 4 is 22.8 Å². The van der Waals surface area contributed by atoms with Crippen molar-refractivity contribution in [3.05, 3.63) is 36.0 Å². The summed E-state index contributed by atoms with van der Waals surface area (Å²) in [5.41, 5.74) is 0.917. The van der Waals surface area contributed by atoms with Gasteiger partial charge in [0.1, 0.15) is 0 Å². The van der Waals surface area contributed by atoms with Gasteiger partial charge in [-0.05, 0) is 37.5 Å². The van der Waals surface area contributed by atoms with Gasteiger partial charge in [-0.15, -0.1) is 0 Å². The normalized spacial score (nSPS) is 16.6. The van der Waals surface area contributed by atoms with Crippen LogP contribution in [0.15, 0.2) is 30.5 Å². The van der Waals surface area contributed by atoms with Gasteiger partial charge in [-0.3, -0.25) is 9.59 Å². The zero-order chi connectivity index (χ0) is 14.2. The molecule has 20 heavy (non-hydrogen) atoms. The van der Waals surface area contributed by atoms with Crippen LogP contribution in [0.1, 0.15) is 36.0 Å². The van der Waals surface area contributed by atoms with Crippen molar-refractivity contribution in [3.63, 3.8) is 0 Å². The highest BCUT2D eigenvalue weighted by atomic mass is 16.4. The van der Waals surface area contributed by atoms with Crippen LogP contribution >= 0.6 is 0 Å². The second kappa shape index (κ2) is 4.67. The van der Waals surface area contributed by atoms with Crippen LogP contribution in [0.5, 0.6) is 0 Å². The predicted molar refractivity (Wildman–Crippen MR) is 74.6 cm³/mol. The Hall–Kier alpha value is -2.30. The molecule has 0 bridgehead atoms. The van der Waals surface area contributed by atoms with Crippen LogP contribution in [0, 0.1) is 0 Å². The van der Waals surface area contributed by atoms with Gasteiger partial charge in [-0.1, -0.05) is 6.07 Å². The Kier molecular flexibility index (Phi) is 2.97. The van der Waals surface area contributed by atoms with Crippen molar-refractivity contribution in [2.24, 2.45) is 0 Å². The number of carboxylic acid groups (broad SMARTS) is 1. The lowest BCUT2D eigenvalue weighted by atomic mass is 9.74. The number of carbonyl (C=O) groups is 2. The maximum atomic E-state index is 12.4. The summed E-state index contributed by atoms with van der Waals surface area (Å²) in [6, 6.07) is 7.34. The maximum Gasteiger partial charge on any atom is 0.305 e. The van der Waals surface area contributed by atoms with E-state index >= 15 is 0 Å². The number of aliphatic carboxylic acids is 1. The molecule has 3 rings (SSSR count). The Bertz CT molecular complexity index is 671. The molecule has 1 aromatic heterocycles. The third kappa shape index (κ3) is 2.15. The van der Waals surface area contributed by atoms with E-state index in [4.69, 9.17) is 5.11 Å². The number of H-pyrrole nitrogens is 1. The van der Waals surface area contributed by atoms with Crippen LogP contribution in [0.25, 0.3) is 10.9 Å². The third-order valence-corrected chi connectivity index (χ3v) is 4.02. The monoisotopic (exact) mass is 272 g/mol. The molecule has 104 valence electrons. The minimum atomic E-state index is -0.871. The quantitative estimate of drug-likeness (QED) is 0.798. The zero-order valence-electron chi connectivity index (χ0n) is 11.0. The standard InChI is InChI=1S/C15H16N2O3/c18-13(19)9-15(6-2-7-15)17-14(20)11-3-1-4-12-10(11)5-8-16-12/h1,3-5,8,16H,2,6-7,9H2,(H,17,20)(H,18,19). The number of aromatic amines is 1. The summed E-state index contributed by atoms with van der Waals surface area (Å²) < 4.78 is 0. The van der Waals surface area contributed by atoms with Crippen molar-refractivity contribution in [2.45, 2.75) is 31.2 Å². The van der Waals surface area contributed by atoms with Gasteiger partial charge < -0.3 is 15.4 Å². The molecule has 1 amide bonds. The van der Waals surface area contributed by atoms with Crippen LogP contribution < -0.4 is 5.32 Å². The number of nitrogens with one attached hydrogen (secondary N) is 2. The molecule has 5 nitrogen and oxygen atoms in total. The van der Waals surface area contributed by atoms with Gasteiger partial charge in [0.25, 0.3) is 5.91 Å². The first-order valence-corrected chi connectivity index (χ1v) is 6.70. The molecule has 1 heterocycles. The Labute approximate surface area is 116 Å². The second-order valence-electron chi connectivity index (χ2n) is 5.40. The van der Waals surface area contributed by atoms with Crippen molar-refractivity contribution in [3.8, 4) is 0 Å². The van der Waals surface area contributed by atoms with E-state index in [9.17, 15) is 9.59 Å². The van der Waals surface area contributed by atoms with Crippen LogP contribution in [0.4, 0.5) is 0 Å². The number of aromatic nitrogens is 1. The lowest BCUT2D eigenvalue weighted by Crippen LogP contribution is -2.54. The smallest absolute Gasteiger partial charge is 0.305 e. The molecular formula is C15H16N2O3. The highest BCUT2D eigenvalue weighted by molar-refractivity contribution is 6.06. The van der Waals surface area contributed by atoms with E-state index in [1.54, 1.807) is 12.3 Å². The summed E-state index contributed by atoms with van der Waals surface area (Å²) in [5, 5.41) is 12.8. The number of amides is 1. The van der Waals surface area contributed by atoms with Gasteiger partial charge >= 0.3 is 5.97 Å². The molecule has 0 radical (unpaired) electrons. The van der Waals surface area contributed by atoms with E-state index in [1.165, 1.54) is 0 Å². The maximum absolute atomic E-state index is 12.4. The van der Waals surface area contributed by atoms with Crippen molar-refractivity contribution < 1.29 is 14.7 Å². The first kappa shape index (κ1) is 12.7. The predicted octanol–water partition coefficient (Wildman–Crippen LogP) is 2.30. The fraction of sp³-hybridized carbons (Fsp3) is 0.333. The summed E-state index contributed by atoms with van der Waals surface area (Å²) in [6.07, 6.45) is 4.20. The van der Waals surface area contributed by atoms with E-state index in [-0.39, 0.29) is 12.3 Å². The number of carbonyl (C=O) groups excluding carboxylic acids is 1. The SMILES string of the molecule is O=C(O)CC1(NC(=O)c2cccc3[nH]ccc23)CCC1. The van der Waals surface area contributed by atoms with Gasteiger partial charge in [0.2, 0.25) is 0 Å². The minimum absolute atomic E-state index is 0.0121. The van der Waals surface area contributed by atoms with E-state index in [2.05, 4.69) is 10.3 Å². The first-order chi connectivity index (χ1) is 9.60. The number of benzene rings is 1. The van der Waals surface area contributed by atoms with Gasteiger partial charge in [-0.25, -0.2) is 0 Å². The molecule has 0 atom stereocenters. The highest BCUT2D eigenvalue weighted by Gasteiger charge is 2.40. The Morgan fingerprint density at radius 2 is 2.10 bits per heavy atom. The van der Waals surface area contributed by atoms with Crippen LogP contribution in [-0.4, -0.2) is 27.5 Å². The Morgan fingerprint density at radius 3 is 2.75 bits per heavy atom. The van der Waals surface area contributed by atoms with Gasteiger partial charge in [-0.2, -0.15) is 0 Å². The molecule has 2 aromatic rings. The topological polar surface area (TPSA) is 82.2 Å². The summed E-state index contributed by atoms with van der Waals surface area (Å²) in [6.45, 7) is 0. The van der Waals surface area contributed by atoms with Crippen LogP contribution in [-0.2, 0) is 4.79 Å². The van der Waals surface area contributed by atoms with E-state index < -0.39 is 11.5 Å². The van der Waals surface area contributed by atoms with Gasteiger partial charge in [0.05, 0.1) is 12.0 Å². The molecule has 0 unspecified atom stereocenters. The van der Waals surface area contributed by atoms with Crippen molar-refractivity contribution in [2.75, 3.05) is 0 Å². The molecule has 0 aliphatic heterocycles. The lowest BCUT2D eigenvalue weighted by molar-refractivity contribution is -0.139. The molecule has 1 aliphatic carbocycles.